The summed E-state index contributed by atoms with van der Waals surface area (Å²) in [5, 5.41) is 2.68. The summed E-state index contributed by atoms with van der Waals surface area (Å²) in [5.41, 5.74) is 0.951. The van der Waals surface area contributed by atoms with Gasteiger partial charge in [-0.05, 0) is 42.2 Å². The van der Waals surface area contributed by atoms with Crippen LogP contribution in [0.3, 0.4) is 0 Å². The van der Waals surface area contributed by atoms with Crippen LogP contribution in [0, 0.1) is 5.92 Å². The Morgan fingerprint density at radius 3 is 3.15 bits per heavy atom. The van der Waals surface area contributed by atoms with Crippen LogP contribution in [-0.2, 0) is 12.8 Å². The number of aromatic nitrogens is 1. The molecule has 0 aromatic carbocycles. The van der Waals surface area contributed by atoms with Crippen LogP contribution in [0.15, 0.2) is 26.7 Å². The standard InChI is InChI=1S/C15H13NO2S2/c1-8-4-5-9-11(7-8)20-14-12(9)15(17)18-13(16-14)10-3-2-6-19-10/h2-3,6,8H,4-5,7H2,1H3/t8-/m1/s1. The minimum Gasteiger partial charge on any atom is -0.402 e. The van der Waals surface area contributed by atoms with Gasteiger partial charge in [0.05, 0.1) is 4.88 Å². The maximum Gasteiger partial charge on any atom is 0.348 e. The quantitative estimate of drug-likeness (QED) is 0.679. The van der Waals surface area contributed by atoms with Crippen molar-refractivity contribution in [3.05, 3.63) is 38.4 Å². The molecule has 0 saturated carbocycles. The summed E-state index contributed by atoms with van der Waals surface area (Å²) < 4.78 is 5.44. The van der Waals surface area contributed by atoms with Gasteiger partial charge in [0.2, 0.25) is 5.89 Å². The van der Waals surface area contributed by atoms with Crippen LogP contribution in [0.2, 0.25) is 0 Å². The molecule has 1 atom stereocenters. The molecule has 3 aromatic heterocycles. The molecule has 4 rings (SSSR count). The topological polar surface area (TPSA) is 43.1 Å². The lowest BCUT2D eigenvalue weighted by Gasteiger charge is -2.17. The van der Waals surface area contributed by atoms with Gasteiger partial charge in [-0.2, -0.15) is 0 Å². The van der Waals surface area contributed by atoms with Crippen molar-refractivity contribution in [1.82, 2.24) is 4.98 Å². The molecule has 3 nitrogen and oxygen atoms in total. The van der Waals surface area contributed by atoms with Gasteiger partial charge < -0.3 is 4.42 Å². The normalized spacial score (nSPS) is 18.4. The maximum atomic E-state index is 12.3. The number of nitrogens with zero attached hydrogens (tertiary/aromatic N) is 1. The number of aryl methyl sites for hydroxylation is 1. The number of hydrogen-bond donors (Lipinski definition) is 0. The van der Waals surface area contributed by atoms with E-state index in [-0.39, 0.29) is 5.63 Å². The molecular formula is C15H13NO2S2. The van der Waals surface area contributed by atoms with E-state index in [9.17, 15) is 4.79 Å². The Balaban J connectivity index is 1.96. The van der Waals surface area contributed by atoms with Gasteiger partial charge >= 0.3 is 5.63 Å². The molecule has 0 radical (unpaired) electrons. The summed E-state index contributed by atoms with van der Waals surface area (Å²) in [7, 11) is 0. The lowest BCUT2D eigenvalue weighted by Crippen LogP contribution is -2.11. The molecule has 0 saturated heterocycles. The Labute approximate surface area is 123 Å². The third kappa shape index (κ3) is 1.84. The van der Waals surface area contributed by atoms with Crippen molar-refractivity contribution in [2.75, 3.05) is 0 Å². The third-order valence-electron chi connectivity index (χ3n) is 3.82. The molecule has 0 N–H and O–H groups in total. The Hall–Kier alpha value is -1.46. The summed E-state index contributed by atoms with van der Waals surface area (Å²) >= 11 is 3.20. The third-order valence-corrected chi connectivity index (χ3v) is 5.83. The lowest BCUT2D eigenvalue weighted by atomic mass is 9.89. The Kier molecular flexibility index (Phi) is 2.79. The van der Waals surface area contributed by atoms with E-state index in [0.717, 1.165) is 34.4 Å². The molecule has 3 heterocycles. The smallest absolute Gasteiger partial charge is 0.348 e. The van der Waals surface area contributed by atoms with E-state index >= 15 is 0 Å². The molecule has 0 unspecified atom stereocenters. The van der Waals surface area contributed by atoms with Crippen LogP contribution < -0.4 is 5.63 Å². The van der Waals surface area contributed by atoms with Gasteiger partial charge in [-0.25, -0.2) is 9.78 Å². The highest BCUT2D eigenvalue weighted by Gasteiger charge is 2.24. The molecular weight excluding hydrogens is 290 g/mol. The van der Waals surface area contributed by atoms with E-state index in [4.69, 9.17) is 4.42 Å². The molecule has 102 valence electrons. The van der Waals surface area contributed by atoms with E-state index in [1.807, 2.05) is 17.5 Å². The maximum absolute atomic E-state index is 12.3. The van der Waals surface area contributed by atoms with Crippen LogP contribution in [-0.4, -0.2) is 4.98 Å². The van der Waals surface area contributed by atoms with E-state index in [0.29, 0.717) is 11.8 Å². The second-order valence-electron chi connectivity index (χ2n) is 5.32. The van der Waals surface area contributed by atoms with E-state index in [1.165, 1.54) is 21.8 Å². The van der Waals surface area contributed by atoms with Crippen LogP contribution >= 0.6 is 22.7 Å². The summed E-state index contributed by atoms with van der Waals surface area (Å²) in [6.07, 6.45) is 3.18. The molecule has 1 aliphatic carbocycles. The largest absolute Gasteiger partial charge is 0.402 e. The first-order valence-corrected chi connectivity index (χ1v) is 8.41. The van der Waals surface area contributed by atoms with E-state index in [1.54, 1.807) is 11.3 Å². The lowest BCUT2D eigenvalue weighted by molar-refractivity contribution is 0.503. The molecule has 0 fully saturated rings. The van der Waals surface area contributed by atoms with Crippen LogP contribution in [0.4, 0.5) is 0 Å². The Morgan fingerprint density at radius 1 is 1.45 bits per heavy atom. The molecule has 0 aliphatic heterocycles. The predicted octanol–water partition coefficient (Wildman–Crippen LogP) is 4.10. The summed E-state index contributed by atoms with van der Waals surface area (Å²) in [6.45, 7) is 2.26. The zero-order valence-corrected chi connectivity index (χ0v) is 12.6. The highest BCUT2D eigenvalue weighted by molar-refractivity contribution is 7.18. The molecule has 0 bridgehead atoms. The molecule has 1 aliphatic rings. The van der Waals surface area contributed by atoms with Gasteiger partial charge in [0.15, 0.2) is 0 Å². The first-order valence-electron chi connectivity index (χ1n) is 6.71. The Bertz CT molecular complexity index is 830. The fourth-order valence-corrected chi connectivity index (χ4v) is 4.80. The molecule has 3 aromatic rings. The second kappa shape index (κ2) is 4.53. The monoisotopic (exact) mass is 303 g/mol. The van der Waals surface area contributed by atoms with Gasteiger partial charge in [-0.1, -0.05) is 13.0 Å². The van der Waals surface area contributed by atoms with Crippen LogP contribution in [0.25, 0.3) is 21.0 Å². The number of hydrogen-bond acceptors (Lipinski definition) is 5. The number of rotatable bonds is 1. The van der Waals surface area contributed by atoms with Gasteiger partial charge in [-0.3, -0.25) is 0 Å². The Morgan fingerprint density at radius 2 is 2.35 bits per heavy atom. The van der Waals surface area contributed by atoms with Crippen molar-refractivity contribution in [3.8, 4) is 10.8 Å². The highest BCUT2D eigenvalue weighted by atomic mass is 32.1. The fourth-order valence-electron chi connectivity index (χ4n) is 2.79. The zero-order chi connectivity index (χ0) is 13.7. The second-order valence-corrected chi connectivity index (χ2v) is 7.35. The first-order chi connectivity index (χ1) is 9.72. The van der Waals surface area contributed by atoms with Crippen molar-refractivity contribution in [1.29, 1.82) is 0 Å². The predicted molar refractivity (Wildman–Crippen MR) is 82.7 cm³/mol. The molecule has 0 amide bonds. The van der Waals surface area contributed by atoms with Crippen molar-refractivity contribution in [2.45, 2.75) is 26.2 Å². The van der Waals surface area contributed by atoms with Crippen LogP contribution in [0.5, 0.6) is 0 Å². The summed E-state index contributed by atoms with van der Waals surface area (Å²) in [4.78, 5) is 19.9. The van der Waals surface area contributed by atoms with Crippen molar-refractivity contribution < 1.29 is 4.42 Å². The average molecular weight is 303 g/mol. The SMILES string of the molecule is C[C@@H]1CCc2c(sc3nc(-c4cccs4)oc(=O)c23)C1. The van der Waals surface area contributed by atoms with E-state index < -0.39 is 0 Å². The van der Waals surface area contributed by atoms with Gasteiger partial charge in [0, 0.05) is 4.88 Å². The molecule has 5 heteroatoms. The summed E-state index contributed by atoms with van der Waals surface area (Å²) in [6, 6.07) is 3.87. The van der Waals surface area contributed by atoms with Crippen LogP contribution in [0.1, 0.15) is 23.8 Å². The van der Waals surface area contributed by atoms with Gasteiger partial charge in [-0.15, -0.1) is 22.7 Å². The van der Waals surface area contributed by atoms with Crippen molar-refractivity contribution in [2.24, 2.45) is 5.92 Å². The molecule has 20 heavy (non-hydrogen) atoms. The molecule has 0 spiro atoms. The average Bonchev–Trinajstić information content (AvgIpc) is 3.04. The fraction of sp³-hybridized carbons (Fsp3) is 0.333. The van der Waals surface area contributed by atoms with E-state index in [2.05, 4.69) is 11.9 Å². The summed E-state index contributed by atoms with van der Waals surface area (Å²) in [5.74, 6) is 1.14. The highest BCUT2D eigenvalue weighted by Crippen LogP contribution is 2.36. The van der Waals surface area contributed by atoms with Crippen molar-refractivity contribution >= 4 is 32.9 Å². The number of fused-ring (bicyclic) bond motifs is 3. The van der Waals surface area contributed by atoms with Gasteiger partial charge in [0.1, 0.15) is 10.2 Å². The first kappa shape index (κ1) is 12.3. The zero-order valence-electron chi connectivity index (χ0n) is 11.0. The van der Waals surface area contributed by atoms with Gasteiger partial charge in [0.25, 0.3) is 0 Å². The van der Waals surface area contributed by atoms with Crippen molar-refractivity contribution in [3.63, 3.8) is 0 Å². The minimum absolute atomic E-state index is 0.231. The minimum atomic E-state index is -0.231. The number of thiophene rings is 2.